The molecule has 0 amide bonds. The molecule has 0 bridgehead atoms. The average Bonchev–Trinajstić information content (AvgIpc) is 2.19. The smallest absolute Gasteiger partial charge is 0.151 e. The van der Waals surface area contributed by atoms with Crippen molar-refractivity contribution in [2.24, 2.45) is 0 Å². The number of rotatable bonds is 2. The van der Waals surface area contributed by atoms with Crippen molar-refractivity contribution >= 4 is 28.5 Å². The molecule has 0 unspecified atom stereocenters. The van der Waals surface area contributed by atoms with Gasteiger partial charge in [-0.05, 0) is 22.9 Å². The van der Waals surface area contributed by atoms with Crippen molar-refractivity contribution in [1.29, 1.82) is 0 Å². The molecule has 0 aliphatic heterocycles. The summed E-state index contributed by atoms with van der Waals surface area (Å²) in [7, 11) is 0. The van der Waals surface area contributed by atoms with E-state index >= 15 is 0 Å². The van der Waals surface area contributed by atoms with E-state index < -0.39 is 0 Å². The zero-order chi connectivity index (χ0) is 11.0. The largest absolute Gasteiger partial charge is 0.397 e. The summed E-state index contributed by atoms with van der Waals surface area (Å²) in [6.45, 7) is 1.93. The van der Waals surface area contributed by atoms with Crippen LogP contribution in [0.3, 0.4) is 0 Å². The van der Waals surface area contributed by atoms with E-state index in [1.165, 1.54) is 0 Å². The minimum absolute atomic E-state index is 0.250. The molecular weight excluding hydrogens is 248 g/mol. The first kappa shape index (κ1) is 13.0. The Labute approximate surface area is 90.9 Å². The lowest BCUT2D eigenvalue weighted by Gasteiger charge is -1.97. The van der Waals surface area contributed by atoms with Gasteiger partial charge in [0.15, 0.2) is 12.6 Å². The highest BCUT2D eigenvalue weighted by molar-refractivity contribution is 9.10. The number of halogens is 1. The molecule has 0 aliphatic carbocycles. The van der Waals surface area contributed by atoms with Gasteiger partial charge in [0.25, 0.3) is 0 Å². The molecule has 0 saturated heterocycles. The second kappa shape index (κ2) is 7.41. The van der Waals surface area contributed by atoms with Gasteiger partial charge in [0.1, 0.15) is 0 Å². The summed E-state index contributed by atoms with van der Waals surface area (Å²) in [5.41, 5.74) is 0.990. The van der Waals surface area contributed by atoms with Crippen LogP contribution in [0, 0.1) is 0 Å². The molecule has 3 nitrogen and oxygen atoms in total. The first-order valence-corrected chi connectivity index (χ1v) is 4.80. The Bertz CT molecular complexity index is 284. The average molecular weight is 259 g/mol. The third-order valence-electron chi connectivity index (χ3n) is 1.31. The molecule has 0 radical (unpaired) electrons. The van der Waals surface area contributed by atoms with Gasteiger partial charge in [-0.25, -0.2) is 0 Å². The normalized spacial score (nSPS) is 8.50. The van der Waals surface area contributed by atoms with E-state index in [2.05, 4.69) is 15.9 Å². The summed E-state index contributed by atoms with van der Waals surface area (Å²) in [6.07, 6.45) is 1.41. The van der Waals surface area contributed by atoms with Gasteiger partial charge < -0.3 is 5.11 Å². The predicted molar refractivity (Wildman–Crippen MR) is 57.7 cm³/mol. The third-order valence-corrected chi connectivity index (χ3v) is 2.23. The van der Waals surface area contributed by atoms with Crippen molar-refractivity contribution < 1.29 is 14.7 Å². The van der Waals surface area contributed by atoms with E-state index in [4.69, 9.17) is 5.11 Å². The number of aliphatic hydroxyl groups is 1. The van der Waals surface area contributed by atoms with Crippen molar-refractivity contribution in [2.75, 3.05) is 6.61 Å². The summed E-state index contributed by atoms with van der Waals surface area (Å²) in [6, 6.07) is 4.95. The summed E-state index contributed by atoms with van der Waals surface area (Å²) in [5.74, 6) is 0. The van der Waals surface area contributed by atoms with Crippen molar-refractivity contribution in [3.63, 3.8) is 0 Å². The number of aliphatic hydroxyl groups excluding tert-OH is 1. The fourth-order valence-electron chi connectivity index (χ4n) is 0.750. The first-order chi connectivity index (χ1) is 6.71. The van der Waals surface area contributed by atoms with Crippen LogP contribution in [0.4, 0.5) is 0 Å². The Kier molecular flexibility index (Phi) is 6.88. The molecule has 76 valence electrons. The van der Waals surface area contributed by atoms with Crippen LogP contribution in [0.25, 0.3) is 0 Å². The lowest BCUT2D eigenvalue weighted by Crippen LogP contribution is -1.87. The van der Waals surface area contributed by atoms with E-state index in [9.17, 15) is 9.59 Å². The fourth-order valence-corrected chi connectivity index (χ4v) is 1.20. The highest BCUT2D eigenvalue weighted by Crippen LogP contribution is 2.18. The Morgan fingerprint density at radius 3 is 1.93 bits per heavy atom. The number of aldehydes is 2. The Balaban J connectivity index is 0.000000500. The van der Waals surface area contributed by atoms with Gasteiger partial charge in [-0.3, -0.25) is 9.59 Å². The minimum atomic E-state index is 0.250. The van der Waals surface area contributed by atoms with Gasteiger partial charge in [-0.2, -0.15) is 0 Å². The molecule has 14 heavy (non-hydrogen) atoms. The zero-order valence-electron chi connectivity index (χ0n) is 7.74. The van der Waals surface area contributed by atoms with Gasteiger partial charge in [0, 0.05) is 22.2 Å². The number of hydrogen-bond acceptors (Lipinski definition) is 3. The maximum absolute atomic E-state index is 10.3. The Morgan fingerprint density at radius 2 is 1.64 bits per heavy atom. The molecule has 0 heterocycles. The van der Waals surface area contributed by atoms with Crippen LogP contribution in [0.5, 0.6) is 0 Å². The molecule has 1 N–H and O–H groups in total. The van der Waals surface area contributed by atoms with Crippen LogP contribution in [-0.4, -0.2) is 24.3 Å². The molecule has 1 aromatic rings. The number of carbonyl (C=O) groups excluding carboxylic acids is 2. The standard InChI is InChI=1S/C8H5BrO2.C2H6O/c9-8-6(4-10)2-1-3-7(8)5-11;1-2-3/h1-5H;3H,2H2,1H3. The van der Waals surface area contributed by atoms with E-state index in [-0.39, 0.29) is 6.61 Å². The van der Waals surface area contributed by atoms with E-state index in [1.54, 1.807) is 25.1 Å². The van der Waals surface area contributed by atoms with Crippen molar-refractivity contribution in [3.8, 4) is 0 Å². The van der Waals surface area contributed by atoms with Gasteiger partial charge in [0.05, 0.1) is 0 Å². The molecule has 0 saturated carbocycles. The van der Waals surface area contributed by atoms with Crippen molar-refractivity contribution in [2.45, 2.75) is 6.92 Å². The molecule has 0 aliphatic rings. The SMILES string of the molecule is CCO.O=Cc1cccc(C=O)c1Br. The predicted octanol–water partition coefficient (Wildman–Crippen LogP) is 2.07. The summed E-state index contributed by atoms with van der Waals surface area (Å²) < 4.78 is 0.560. The third kappa shape index (κ3) is 3.81. The molecule has 1 aromatic carbocycles. The number of carbonyl (C=O) groups is 2. The molecule has 1 rings (SSSR count). The summed E-state index contributed by atoms with van der Waals surface area (Å²) in [4.78, 5) is 20.7. The van der Waals surface area contributed by atoms with Crippen LogP contribution in [0.2, 0.25) is 0 Å². The van der Waals surface area contributed by atoms with E-state index in [0.29, 0.717) is 28.2 Å². The highest BCUT2D eigenvalue weighted by atomic mass is 79.9. The monoisotopic (exact) mass is 258 g/mol. The zero-order valence-corrected chi connectivity index (χ0v) is 9.32. The molecule has 4 heteroatoms. The first-order valence-electron chi connectivity index (χ1n) is 4.01. The fraction of sp³-hybridized carbons (Fsp3) is 0.200. The molecule has 0 spiro atoms. The second-order valence-electron chi connectivity index (χ2n) is 2.30. The van der Waals surface area contributed by atoms with Gasteiger partial charge >= 0.3 is 0 Å². The highest BCUT2D eigenvalue weighted by Gasteiger charge is 2.01. The van der Waals surface area contributed by atoms with Gasteiger partial charge in [-0.1, -0.05) is 18.2 Å². The summed E-state index contributed by atoms with van der Waals surface area (Å²) >= 11 is 3.14. The van der Waals surface area contributed by atoms with Crippen LogP contribution in [0.1, 0.15) is 27.6 Å². The Morgan fingerprint density at radius 1 is 1.29 bits per heavy atom. The molecular formula is C10H11BrO3. The van der Waals surface area contributed by atoms with Crippen molar-refractivity contribution in [3.05, 3.63) is 33.8 Å². The Hall–Kier alpha value is -1.00. The second-order valence-corrected chi connectivity index (χ2v) is 3.10. The lowest BCUT2D eigenvalue weighted by atomic mass is 10.1. The molecule has 0 atom stereocenters. The van der Waals surface area contributed by atoms with Crippen LogP contribution in [-0.2, 0) is 0 Å². The van der Waals surface area contributed by atoms with Crippen LogP contribution >= 0.6 is 15.9 Å². The maximum atomic E-state index is 10.3. The topological polar surface area (TPSA) is 54.4 Å². The lowest BCUT2D eigenvalue weighted by molar-refractivity contribution is 0.112. The van der Waals surface area contributed by atoms with Crippen LogP contribution < -0.4 is 0 Å². The van der Waals surface area contributed by atoms with E-state index in [1.807, 2.05) is 0 Å². The van der Waals surface area contributed by atoms with E-state index in [0.717, 1.165) is 0 Å². The van der Waals surface area contributed by atoms with Gasteiger partial charge in [0.2, 0.25) is 0 Å². The number of hydrogen-bond donors (Lipinski definition) is 1. The summed E-state index contributed by atoms with van der Waals surface area (Å²) in [5, 5.41) is 7.57. The van der Waals surface area contributed by atoms with Crippen LogP contribution in [0.15, 0.2) is 22.7 Å². The quantitative estimate of drug-likeness (QED) is 0.827. The van der Waals surface area contributed by atoms with Gasteiger partial charge in [-0.15, -0.1) is 0 Å². The molecule has 0 fully saturated rings. The maximum Gasteiger partial charge on any atom is 0.151 e. The molecule has 0 aromatic heterocycles. The van der Waals surface area contributed by atoms with Crippen molar-refractivity contribution in [1.82, 2.24) is 0 Å². The minimum Gasteiger partial charge on any atom is -0.397 e. The number of benzene rings is 1.